The SMILES string of the molecule is C=CCC(C)(OC)C(F)(F)F. The van der Waals surface area contributed by atoms with E-state index in [1.165, 1.54) is 6.08 Å². The van der Waals surface area contributed by atoms with Crippen LogP contribution in [0.3, 0.4) is 0 Å². The molecule has 0 aliphatic rings. The van der Waals surface area contributed by atoms with Crippen molar-refractivity contribution in [2.75, 3.05) is 7.11 Å². The molecule has 0 rings (SSSR count). The topological polar surface area (TPSA) is 9.23 Å². The summed E-state index contributed by atoms with van der Waals surface area (Å²) in [6.07, 6.45) is -3.38. The second-order valence-electron chi connectivity index (χ2n) is 2.43. The molecule has 0 aliphatic heterocycles. The van der Waals surface area contributed by atoms with Crippen LogP contribution >= 0.6 is 0 Å². The molecule has 0 aromatic heterocycles. The third-order valence-electron chi connectivity index (χ3n) is 1.58. The predicted molar refractivity (Wildman–Crippen MR) is 36.3 cm³/mol. The molecule has 0 spiro atoms. The Hall–Kier alpha value is -0.510. The van der Waals surface area contributed by atoms with Crippen LogP contribution in [0.25, 0.3) is 0 Å². The molecule has 0 radical (unpaired) electrons. The van der Waals surface area contributed by atoms with E-state index in [1.807, 2.05) is 0 Å². The van der Waals surface area contributed by atoms with Gasteiger partial charge >= 0.3 is 6.18 Å². The van der Waals surface area contributed by atoms with E-state index in [4.69, 9.17) is 0 Å². The Labute approximate surface area is 63.8 Å². The third-order valence-corrected chi connectivity index (χ3v) is 1.58. The average Bonchev–Trinajstić information content (AvgIpc) is 1.86. The van der Waals surface area contributed by atoms with Crippen LogP contribution in [0, 0.1) is 0 Å². The first-order valence-electron chi connectivity index (χ1n) is 3.10. The highest BCUT2D eigenvalue weighted by Crippen LogP contribution is 2.35. The van der Waals surface area contributed by atoms with Gasteiger partial charge < -0.3 is 4.74 Å². The molecule has 0 bridgehead atoms. The average molecular weight is 168 g/mol. The molecular weight excluding hydrogens is 157 g/mol. The molecular formula is C7H11F3O. The molecule has 0 aromatic rings. The van der Waals surface area contributed by atoms with Crippen molar-refractivity contribution in [3.8, 4) is 0 Å². The van der Waals surface area contributed by atoms with E-state index in [-0.39, 0.29) is 6.42 Å². The van der Waals surface area contributed by atoms with Crippen LogP contribution in [0.15, 0.2) is 12.7 Å². The molecule has 1 unspecified atom stereocenters. The van der Waals surface area contributed by atoms with Gasteiger partial charge in [0, 0.05) is 13.5 Å². The third kappa shape index (κ3) is 2.22. The predicted octanol–water partition coefficient (Wildman–Crippen LogP) is 2.53. The molecule has 0 aliphatic carbocycles. The number of methoxy groups -OCH3 is 1. The van der Waals surface area contributed by atoms with E-state index < -0.39 is 11.8 Å². The van der Waals surface area contributed by atoms with Gasteiger partial charge in [-0.15, -0.1) is 6.58 Å². The number of hydrogen-bond acceptors (Lipinski definition) is 1. The molecule has 0 amide bonds. The summed E-state index contributed by atoms with van der Waals surface area (Å²) < 4.78 is 40.7. The molecule has 4 heteroatoms. The minimum atomic E-state index is -4.34. The van der Waals surface area contributed by atoms with Gasteiger partial charge in [-0.2, -0.15) is 13.2 Å². The summed E-state index contributed by atoms with van der Waals surface area (Å²) in [7, 11) is 1.04. The molecule has 0 saturated carbocycles. The zero-order valence-corrected chi connectivity index (χ0v) is 6.53. The maximum absolute atomic E-state index is 12.1. The van der Waals surface area contributed by atoms with Crippen LogP contribution in [0.2, 0.25) is 0 Å². The second-order valence-corrected chi connectivity index (χ2v) is 2.43. The molecule has 1 nitrogen and oxygen atoms in total. The summed E-state index contributed by atoms with van der Waals surface area (Å²) in [5.74, 6) is 0. The van der Waals surface area contributed by atoms with Crippen molar-refractivity contribution in [1.82, 2.24) is 0 Å². The Bertz CT molecular complexity index is 141. The lowest BCUT2D eigenvalue weighted by molar-refractivity contribution is -0.261. The van der Waals surface area contributed by atoms with Crippen LogP contribution < -0.4 is 0 Å². The highest BCUT2D eigenvalue weighted by atomic mass is 19.4. The first-order valence-corrected chi connectivity index (χ1v) is 3.10. The van der Waals surface area contributed by atoms with Gasteiger partial charge in [0.15, 0.2) is 5.60 Å². The lowest BCUT2D eigenvalue weighted by Gasteiger charge is -2.29. The smallest absolute Gasteiger partial charge is 0.369 e. The van der Waals surface area contributed by atoms with Gasteiger partial charge in [0.1, 0.15) is 0 Å². The number of alkyl halides is 3. The molecule has 0 fully saturated rings. The minimum Gasteiger partial charge on any atom is -0.369 e. The van der Waals surface area contributed by atoms with E-state index >= 15 is 0 Å². The summed E-state index contributed by atoms with van der Waals surface area (Å²) in [5.41, 5.74) is -2.09. The van der Waals surface area contributed by atoms with Gasteiger partial charge in [0.2, 0.25) is 0 Å². The van der Waals surface area contributed by atoms with Crippen LogP contribution in [-0.2, 0) is 4.74 Å². The first-order chi connectivity index (χ1) is 4.87. The van der Waals surface area contributed by atoms with Crippen molar-refractivity contribution >= 4 is 0 Å². The van der Waals surface area contributed by atoms with Crippen molar-refractivity contribution in [2.45, 2.75) is 25.1 Å². The summed E-state index contributed by atoms with van der Waals surface area (Å²) in [5, 5.41) is 0. The largest absolute Gasteiger partial charge is 0.417 e. The normalized spacial score (nSPS) is 17.5. The zero-order chi connectivity index (χ0) is 9.12. The van der Waals surface area contributed by atoms with Gasteiger partial charge in [-0.25, -0.2) is 0 Å². The minimum absolute atomic E-state index is 0.229. The Morgan fingerprint density at radius 3 is 2.00 bits per heavy atom. The van der Waals surface area contributed by atoms with Gasteiger partial charge in [-0.3, -0.25) is 0 Å². The zero-order valence-electron chi connectivity index (χ0n) is 6.53. The fraction of sp³-hybridized carbons (Fsp3) is 0.714. The second kappa shape index (κ2) is 3.26. The van der Waals surface area contributed by atoms with Crippen LogP contribution in [0.5, 0.6) is 0 Å². The molecule has 0 heterocycles. The Kier molecular flexibility index (Phi) is 3.11. The van der Waals surface area contributed by atoms with Crippen molar-refractivity contribution in [2.24, 2.45) is 0 Å². The molecule has 11 heavy (non-hydrogen) atoms. The lowest BCUT2D eigenvalue weighted by atomic mass is 10.0. The van der Waals surface area contributed by atoms with Crippen molar-refractivity contribution in [1.29, 1.82) is 0 Å². The lowest BCUT2D eigenvalue weighted by Crippen LogP contribution is -2.43. The molecule has 0 N–H and O–H groups in total. The number of halogens is 3. The summed E-state index contributed by atoms with van der Waals surface area (Å²) in [6, 6.07) is 0. The first kappa shape index (κ1) is 10.5. The number of hydrogen-bond donors (Lipinski definition) is 0. The van der Waals surface area contributed by atoms with E-state index in [1.54, 1.807) is 0 Å². The highest BCUT2D eigenvalue weighted by molar-refractivity contribution is 4.90. The molecule has 66 valence electrons. The van der Waals surface area contributed by atoms with Crippen molar-refractivity contribution < 1.29 is 17.9 Å². The van der Waals surface area contributed by atoms with Crippen LogP contribution in [0.4, 0.5) is 13.2 Å². The van der Waals surface area contributed by atoms with E-state index in [2.05, 4.69) is 11.3 Å². The maximum Gasteiger partial charge on any atom is 0.417 e. The fourth-order valence-corrected chi connectivity index (χ4v) is 0.590. The maximum atomic E-state index is 12.1. The Morgan fingerprint density at radius 2 is 1.91 bits per heavy atom. The summed E-state index contributed by atoms with van der Waals surface area (Å²) >= 11 is 0. The van der Waals surface area contributed by atoms with Gasteiger partial charge in [-0.1, -0.05) is 6.08 Å². The van der Waals surface area contributed by atoms with Crippen LogP contribution in [0.1, 0.15) is 13.3 Å². The monoisotopic (exact) mass is 168 g/mol. The molecule has 0 aromatic carbocycles. The summed E-state index contributed by atoms with van der Waals surface area (Å²) in [6.45, 7) is 4.22. The van der Waals surface area contributed by atoms with Gasteiger partial charge in [0.25, 0.3) is 0 Å². The molecule has 0 saturated heterocycles. The van der Waals surface area contributed by atoms with E-state index in [0.29, 0.717) is 0 Å². The molecule has 1 atom stereocenters. The Balaban J connectivity index is 4.45. The van der Waals surface area contributed by atoms with E-state index in [9.17, 15) is 13.2 Å². The standard InChI is InChI=1S/C7H11F3O/c1-4-5-6(2,11-3)7(8,9)10/h4H,1,5H2,2-3H3. The van der Waals surface area contributed by atoms with Gasteiger partial charge in [-0.05, 0) is 6.92 Å². The fourth-order valence-electron chi connectivity index (χ4n) is 0.590. The van der Waals surface area contributed by atoms with Crippen molar-refractivity contribution in [3.05, 3.63) is 12.7 Å². The highest BCUT2D eigenvalue weighted by Gasteiger charge is 2.50. The van der Waals surface area contributed by atoms with E-state index in [0.717, 1.165) is 14.0 Å². The quantitative estimate of drug-likeness (QED) is 0.588. The van der Waals surface area contributed by atoms with Crippen LogP contribution in [-0.4, -0.2) is 18.9 Å². The number of rotatable bonds is 3. The van der Waals surface area contributed by atoms with Gasteiger partial charge in [0.05, 0.1) is 0 Å². The van der Waals surface area contributed by atoms with Crippen molar-refractivity contribution in [3.63, 3.8) is 0 Å². The Morgan fingerprint density at radius 1 is 1.45 bits per heavy atom. The summed E-state index contributed by atoms with van der Waals surface area (Å²) in [4.78, 5) is 0. The number of ether oxygens (including phenoxy) is 1.